The lowest BCUT2D eigenvalue weighted by Crippen LogP contribution is -2.54. The van der Waals surface area contributed by atoms with Crippen LogP contribution in [-0.4, -0.2) is 37.5 Å². The van der Waals surface area contributed by atoms with Crippen molar-refractivity contribution in [2.24, 2.45) is 0 Å². The Hall–Kier alpha value is -3.90. The Kier molecular flexibility index (Phi) is 8.32. The Morgan fingerprint density at radius 3 is 2.55 bits per heavy atom. The first-order valence-corrected chi connectivity index (χ1v) is 12.7. The summed E-state index contributed by atoms with van der Waals surface area (Å²) in [5.74, 6) is -1.37. The average Bonchev–Trinajstić information content (AvgIpc) is 2.88. The van der Waals surface area contributed by atoms with Gasteiger partial charge in [-0.3, -0.25) is 19.7 Å². The average molecular weight is 646 g/mol. The minimum absolute atomic E-state index is 0.252. The minimum atomic E-state index is -0.868. The van der Waals surface area contributed by atoms with E-state index in [2.05, 4.69) is 10.6 Å². The fraction of sp³-hybridized carbons (Fsp3) is 0.111. The third-order valence-corrected chi connectivity index (χ3v) is 6.76. The molecular formula is C27H21ClIN3O6. The molecule has 0 spiro atoms. The third-order valence-electron chi connectivity index (χ3n) is 5.55. The topological polar surface area (TPSA) is 114 Å². The number of amides is 5. The molecule has 3 aromatic carbocycles. The van der Waals surface area contributed by atoms with Crippen molar-refractivity contribution in [3.8, 4) is 11.5 Å². The van der Waals surface area contributed by atoms with Crippen molar-refractivity contribution in [3.05, 3.63) is 86.0 Å². The molecule has 1 aliphatic rings. The van der Waals surface area contributed by atoms with Crippen molar-refractivity contribution in [3.63, 3.8) is 0 Å². The molecule has 194 valence electrons. The first-order chi connectivity index (χ1) is 18.2. The lowest BCUT2D eigenvalue weighted by atomic mass is 10.1. The summed E-state index contributed by atoms with van der Waals surface area (Å²) in [6.07, 6.45) is 1.35. The van der Waals surface area contributed by atoms with E-state index in [0.717, 1.165) is 4.90 Å². The van der Waals surface area contributed by atoms with E-state index in [9.17, 15) is 19.2 Å². The molecular weight excluding hydrogens is 625 g/mol. The Morgan fingerprint density at radius 2 is 1.84 bits per heavy atom. The number of hydrogen-bond donors (Lipinski definition) is 2. The molecule has 3 aromatic rings. The van der Waals surface area contributed by atoms with Crippen LogP contribution in [0.5, 0.6) is 11.5 Å². The van der Waals surface area contributed by atoms with E-state index in [4.69, 9.17) is 21.1 Å². The maximum absolute atomic E-state index is 13.3. The number of rotatable bonds is 7. The zero-order valence-electron chi connectivity index (χ0n) is 20.2. The Labute approximate surface area is 236 Å². The van der Waals surface area contributed by atoms with Gasteiger partial charge >= 0.3 is 6.03 Å². The highest BCUT2D eigenvalue weighted by molar-refractivity contribution is 14.1. The van der Waals surface area contributed by atoms with Crippen LogP contribution in [-0.2, 0) is 14.4 Å². The Balaban J connectivity index is 1.59. The van der Waals surface area contributed by atoms with Gasteiger partial charge in [0, 0.05) is 10.7 Å². The molecule has 0 radical (unpaired) electrons. The van der Waals surface area contributed by atoms with Crippen molar-refractivity contribution in [1.82, 2.24) is 5.32 Å². The van der Waals surface area contributed by atoms with Crippen LogP contribution >= 0.6 is 34.2 Å². The molecule has 0 aliphatic carbocycles. The summed E-state index contributed by atoms with van der Waals surface area (Å²) < 4.78 is 11.7. The number of benzene rings is 3. The molecule has 11 heteroatoms. The number of imide groups is 2. The van der Waals surface area contributed by atoms with Crippen molar-refractivity contribution in [2.75, 3.05) is 23.9 Å². The number of urea groups is 1. The lowest BCUT2D eigenvalue weighted by Gasteiger charge is -2.27. The van der Waals surface area contributed by atoms with Gasteiger partial charge in [-0.2, -0.15) is 0 Å². The number of carbonyl (C=O) groups is 4. The molecule has 5 amide bonds. The van der Waals surface area contributed by atoms with E-state index < -0.39 is 17.8 Å². The highest BCUT2D eigenvalue weighted by Crippen LogP contribution is 2.35. The Morgan fingerprint density at radius 1 is 1.11 bits per heavy atom. The molecule has 0 bridgehead atoms. The normalized spacial score (nSPS) is 14.4. The van der Waals surface area contributed by atoms with Crippen LogP contribution in [0.3, 0.4) is 0 Å². The van der Waals surface area contributed by atoms with Crippen molar-refractivity contribution >= 4 is 75.4 Å². The van der Waals surface area contributed by atoms with Crippen LogP contribution in [0.4, 0.5) is 16.2 Å². The summed E-state index contributed by atoms with van der Waals surface area (Å²) in [5, 5.41) is 5.30. The molecule has 4 rings (SSSR count). The molecule has 1 aliphatic heterocycles. The maximum atomic E-state index is 13.3. The number of barbiturate groups is 1. The quantitative estimate of drug-likeness (QED) is 0.214. The van der Waals surface area contributed by atoms with Crippen molar-refractivity contribution in [2.45, 2.75) is 6.92 Å². The van der Waals surface area contributed by atoms with Crippen LogP contribution in [0.1, 0.15) is 11.1 Å². The molecule has 0 unspecified atom stereocenters. The summed E-state index contributed by atoms with van der Waals surface area (Å²) in [6.45, 7) is 1.41. The number of ether oxygens (including phenoxy) is 2. The fourth-order valence-corrected chi connectivity index (χ4v) is 4.65. The molecule has 1 fully saturated rings. The van der Waals surface area contributed by atoms with E-state index in [1.54, 1.807) is 61.5 Å². The second kappa shape index (κ2) is 11.7. The number of nitrogens with zero attached hydrogens (tertiary/aromatic N) is 1. The number of hydrogen-bond acceptors (Lipinski definition) is 6. The molecule has 9 nitrogen and oxygen atoms in total. The molecule has 0 saturated carbocycles. The minimum Gasteiger partial charge on any atom is -0.493 e. The fourth-order valence-electron chi connectivity index (χ4n) is 3.70. The van der Waals surface area contributed by atoms with Gasteiger partial charge in [0.1, 0.15) is 5.57 Å². The smallest absolute Gasteiger partial charge is 0.335 e. The molecule has 1 saturated heterocycles. The van der Waals surface area contributed by atoms with Crippen LogP contribution < -0.4 is 25.0 Å². The standard InChI is InChI=1S/C27H21ClIN3O6/c1-15-19(28)9-6-10-21(15)32-26(35)18(25(34)31-27(32)36)11-16-12-20(29)24(22(13-16)37-2)38-14-23(33)30-17-7-4-3-5-8-17/h3-13H,14H2,1-2H3,(H,30,33)(H,31,34,36)/b18-11+. The molecule has 38 heavy (non-hydrogen) atoms. The summed E-state index contributed by atoms with van der Waals surface area (Å²) in [7, 11) is 1.43. The summed E-state index contributed by atoms with van der Waals surface area (Å²) >= 11 is 8.18. The largest absolute Gasteiger partial charge is 0.493 e. The predicted molar refractivity (Wildman–Crippen MR) is 151 cm³/mol. The Bertz CT molecular complexity index is 1480. The van der Waals surface area contributed by atoms with Crippen LogP contribution in [0.2, 0.25) is 5.02 Å². The van der Waals surface area contributed by atoms with Gasteiger partial charge in [-0.1, -0.05) is 35.9 Å². The zero-order valence-corrected chi connectivity index (χ0v) is 23.1. The zero-order chi connectivity index (χ0) is 27.4. The van der Waals surface area contributed by atoms with Crippen molar-refractivity contribution < 1.29 is 28.7 Å². The summed E-state index contributed by atoms with van der Waals surface area (Å²) in [5.41, 5.74) is 1.62. The van der Waals surface area contributed by atoms with Crippen LogP contribution in [0, 0.1) is 10.5 Å². The van der Waals surface area contributed by atoms with E-state index in [1.807, 2.05) is 28.7 Å². The van der Waals surface area contributed by atoms with E-state index in [1.165, 1.54) is 13.2 Å². The van der Waals surface area contributed by atoms with Gasteiger partial charge in [-0.25, -0.2) is 9.69 Å². The maximum Gasteiger partial charge on any atom is 0.335 e. The van der Waals surface area contributed by atoms with Gasteiger partial charge < -0.3 is 14.8 Å². The highest BCUT2D eigenvalue weighted by atomic mass is 127. The van der Waals surface area contributed by atoms with Gasteiger partial charge in [0.2, 0.25) is 0 Å². The van der Waals surface area contributed by atoms with Crippen molar-refractivity contribution in [1.29, 1.82) is 0 Å². The molecule has 1 heterocycles. The second-order valence-corrected chi connectivity index (χ2v) is 9.65. The first-order valence-electron chi connectivity index (χ1n) is 11.2. The SMILES string of the molecule is COc1cc(/C=C2\C(=O)NC(=O)N(c3cccc(Cl)c3C)C2=O)cc(I)c1OCC(=O)Nc1ccccc1. The number of halogens is 2. The van der Waals surface area contributed by atoms with Gasteiger partial charge in [-0.15, -0.1) is 0 Å². The molecule has 2 N–H and O–H groups in total. The number of methoxy groups -OCH3 is 1. The highest BCUT2D eigenvalue weighted by Gasteiger charge is 2.37. The van der Waals surface area contributed by atoms with E-state index in [-0.39, 0.29) is 23.8 Å². The van der Waals surface area contributed by atoms with E-state index in [0.29, 0.717) is 36.9 Å². The lowest BCUT2D eigenvalue weighted by molar-refractivity contribution is -0.122. The predicted octanol–water partition coefficient (Wildman–Crippen LogP) is 4.95. The number of carbonyl (C=O) groups excluding carboxylic acids is 4. The van der Waals surface area contributed by atoms with Crippen LogP contribution in [0.15, 0.2) is 66.2 Å². The van der Waals surface area contributed by atoms with Crippen LogP contribution in [0.25, 0.3) is 6.08 Å². The van der Waals surface area contributed by atoms with Gasteiger partial charge in [-0.05, 0) is 83.1 Å². The van der Waals surface area contributed by atoms with Gasteiger partial charge in [0.05, 0.1) is 16.4 Å². The number of para-hydroxylation sites is 1. The van der Waals surface area contributed by atoms with E-state index >= 15 is 0 Å². The number of nitrogens with one attached hydrogen (secondary N) is 2. The monoisotopic (exact) mass is 645 g/mol. The summed E-state index contributed by atoms with van der Waals surface area (Å²) in [4.78, 5) is 51.6. The molecule has 0 atom stereocenters. The van der Waals surface area contributed by atoms with Gasteiger partial charge in [0.25, 0.3) is 17.7 Å². The van der Waals surface area contributed by atoms with Gasteiger partial charge in [0.15, 0.2) is 18.1 Å². The second-order valence-electron chi connectivity index (χ2n) is 8.08. The summed E-state index contributed by atoms with van der Waals surface area (Å²) in [6, 6.07) is 16.1. The third kappa shape index (κ3) is 5.81. The number of anilines is 2. The first kappa shape index (κ1) is 27.1. The molecule has 0 aromatic heterocycles.